The molecule has 17 atom stereocenters. The summed E-state index contributed by atoms with van der Waals surface area (Å²) in [5.74, 6) is -0.353. The smallest absolute Gasteiger partial charge is 0.220 e. The second-order valence-corrected chi connectivity index (χ2v) is 19.6. The van der Waals surface area contributed by atoms with Gasteiger partial charge in [0, 0.05) is 6.42 Å². The third kappa shape index (κ3) is 25.4. The van der Waals surface area contributed by atoms with Gasteiger partial charge in [-0.1, -0.05) is 137 Å². The van der Waals surface area contributed by atoms with E-state index in [1.165, 1.54) is 32.1 Å². The van der Waals surface area contributed by atoms with Crippen molar-refractivity contribution in [3.8, 4) is 0 Å². The first-order valence-electron chi connectivity index (χ1n) is 28.0. The molecule has 0 aliphatic carbocycles. The third-order valence-corrected chi connectivity index (χ3v) is 13.3. The van der Waals surface area contributed by atoms with Gasteiger partial charge in [0.25, 0.3) is 0 Å². The molecule has 19 heteroatoms. The van der Waals surface area contributed by atoms with Gasteiger partial charge in [-0.15, -0.1) is 0 Å². The van der Waals surface area contributed by atoms with Gasteiger partial charge in [-0.25, -0.2) is 0 Å². The molecular formula is C58H95NO18. The minimum Gasteiger partial charge on any atom is -0.394 e. The number of hydrogen-bond acceptors (Lipinski definition) is 18. The molecule has 77 heavy (non-hydrogen) atoms. The molecule has 0 bridgehead atoms. The maximum absolute atomic E-state index is 13.3. The van der Waals surface area contributed by atoms with Crippen molar-refractivity contribution >= 4 is 5.91 Å². The summed E-state index contributed by atoms with van der Waals surface area (Å²) in [7, 11) is 0. The average Bonchev–Trinajstić information content (AvgIpc) is 3.44. The van der Waals surface area contributed by atoms with Crippen molar-refractivity contribution in [3.05, 3.63) is 97.2 Å². The van der Waals surface area contributed by atoms with E-state index in [2.05, 4.69) is 92.1 Å². The number of ether oxygens (including phenoxy) is 6. The van der Waals surface area contributed by atoms with Crippen LogP contribution >= 0.6 is 0 Å². The molecule has 0 radical (unpaired) electrons. The lowest BCUT2D eigenvalue weighted by molar-refractivity contribution is -0.379. The van der Waals surface area contributed by atoms with Crippen LogP contribution in [-0.4, -0.2) is 193 Å². The lowest BCUT2D eigenvalue weighted by Crippen LogP contribution is -2.66. The Morgan fingerprint density at radius 2 is 0.909 bits per heavy atom. The Bertz CT molecular complexity index is 1780. The fourth-order valence-electron chi connectivity index (χ4n) is 8.73. The molecule has 12 N–H and O–H groups in total. The van der Waals surface area contributed by atoms with E-state index in [1.54, 1.807) is 12.2 Å². The largest absolute Gasteiger partial charge is 0.394 e. The van der Waals surface area contributed by atoms with E-state index in [0.29, 0.717) is 19.3 Å². The van der Waals surface area contributed by atoms with Crippen LogP contribution in [0, 0.1) is 0 Å². The highest BCUT2D eigenvalue weighted by Crippen LogP contribution is 2.33. The van der Waals surface area contributed by atoms with E-state index in [1.807, 2.05) is 12.2 Å². The van der Waals surface area contributed by atoms with Crippen LogP contribution in [0.5, 0.6) is 0 Å². The van der Waals surface area contributed by atoms with Gasteiger partial charge in [-0.3, -0.25) is 4.79 Å². The van der Waals surface area contributed by atoms with Crippen LogP contribution in [0.15, 0.2) is 97.2 Å². The Kier molecular flexibility index (Phi) is 36.0. The molecule has 3 heterocycles. The second-order valence-electron chi connectivity index (χ2n) is 19.6. The van der Waals surface area contributed by atoms with Gasteiger partial charge in [0.05, 0.1) is 38.6 Å². The summed E-state index contributed by atoms with van der Waals surface area (Å²) in [6.45, 7) is 1.47. The van der Waals surface area contributed by atoms with E-state index >= 15 is 0 Å². The molecule has 440 valence electrons. The maximum Gasteiger partial charge on any atom is 0.220 e. The van der Waals surface area contributed by atoms with Crippen LogP contribution in [0.3, 0.4) is 0 Å². The summed E-state index contributed by atoms with van der Waals surface area (Å²) in [5, 5.41) is 120. The summed E-state index contributed by atoms with van der Waals surface area (Å²) in [4.78, 5) is 13.3. The fraction of sp³-hybridized carbons (Fsp3) is 0.707. The van der Waals surface area contributed by atoms with Gasteiger partial charge in [-0.05, 0) is 83.5 Å². The molecule has 0 aromatic rings. The SMILES string of the molecule is CC/C=C\C/C=C\C/C=C\C/C=C\C/C=C\CCCC(=O)NC(COC1OC(CO)C(OC2OC(CO)C(OC3OC(CO)C(O)C(O)C3O)C(O)C2O)C(O)C1O)C(O)/C=C/CC/C=C/CC/C=C/CCCCCCC. The zero-order chi connectivity index (χ0) is 56.2. The van der Waals surface area contributed by atoms with Gasteiger partial charge in [0.2, 0.25) is 5.91 Å². The predicted octanol–water partition coefficient (Wildman–Crippen LogP) is 3.81. The van der Waals surface area contributed by atoms with Crippen LogP contribution in [0.1, 0.15) is 129 Å². The number of aliphatic hydroxyl groups is 11. The summed E-state index contributed by atoms with van der Waals surface area (Å²) >= 11 is 0. The molecule has 19 nitrogen and oxygen atoms in total. The first kappa shape index (κ1) is 68.0. The van der Waals surface area contributed by atoms with Gasteiger partial charge in [-0.2, -0.15) is 0 Å². The van der Waals surface area contributed by atoms with Gasteiger partial charge in [0.15, 0.2) is 18.9 Å². The highest BCUT2D eigenvalue weighted by Gasteiger charge is 2.53. The standard InChI is InChI=1S/C58H95NO18/c1-3-5-7-9-11-13-15-17-19-20-22-24-26-28-30-32-34-36-46(64)59-41(42(63)35-33-31-29-27-25-23-21-18-16-14-12-10-8-6-4-2)40-72-56-52(70)49(67)54(44(38-61)74-56)77-58-53(71)50(68)55(45(39-62)75-58)76-57-51(69)48(66)47(65)43(37-60)73-57/h5,7,11,13,16-19,22,24-25,27-28,30,33,35,41-45,47-58,60-63,65-71H,3-4,6,8-10,12,14-15,20-21,23,26,29,31-32,34,36-40H2,1-2H3,(H,59,64)/b7-5-,13-11-,18-16+,19-17-,24-22-,27-25+,30-28-,35-33+. The lowest BCUT2D eigenvalue weighted by Gasteiger charge is -2.48. The van der Waals surface area contributed by atoms with Crippen molar-refractivity contribution in [2.24, 2.45) is 0 Å². The summed E-state index contributed by atoms with van der Waals surface area (Å²) < 4.78 is 34.1. The number of nitrogens with one attached hydrogen (secondary N) is 1. The summed E-state index contributed by atoms with van der Waals surface area (Å²) in [6.07, 6.45) is 22.6. The van der Waals surface area contributed by atoms with Gasteiger partial charge >= 0.3 is 0 Å². The van der Waals surface area contributed by atoms with Crippen molar-refractivity contribution in [2.75, 3.05) is 26.4 Å². The Morgan fingerprint density at radius 1 is 0.481 bits per heavy atom. The highest BCUT2D eigenvalue weighted by molar-refractivity contribution is 5.76. The van der Waals surface area contributed by atoms with Crippen LogP contribution < -0.4 is 5.32 Å². The number of aliphatic hydroxyl groups excluding tert-OH is 11. The van der Waals surface area contributed by atoms with Crippen molar-refractivity contribution in [3.63, 3.8) is 0 Å². The summed E-state index contributed by atoms with van der Waals surface area (Å²) in [5.41, 5.74) is 0. The Morgan fingerprint density at radius 3 is 1.44 bits per heavy atom. The number of carbonyl (C=O) groups is 1. The predicted molar refractivity (Wildman–Crippen MR) is 290 cm³/mol. The first-order chi connectivity index (χ1) is 37.3. The van der Waals surface area contributed by atoms with Crippen molar-refractivity contribution in [1.29, 1.82) is 0 Å². The van der Waals surface area contributed by atoms with Gasteiger partial charge in [0.1, 0.15) is 73.2 Å². The van der Waals surface area contributed by atoms with E-state index in [4.69, 9.17) is 28.4 Å². The molecule has 0 spiro atoms. The van der Waals surface area contributed by atoms with E-state index in [-0.39, 0.29) is 12.3 Å². The van der Waals surface area contributed by atoms with Crippen LogP contribution in [0.2, 0.25) is 0 Å². The quantitative estimate of drug-likeness (QED) is 0.0309. The Hall–Kier alpha value is -3.29. The van der Waals surface area contributed by atoms with E-state index < -0.39 is 131 Å². The second kappa shape index (κ2) is 40.8. The minimum absolute atomic E-state index is 0.147. The molecule has 3 rings (SSSR count). The van der Waals surface area contributed by atoms with Crippen molar-refractivity contribution in [2.45, 2.75) is 234 Å². The molecule has 0 aromatic carbocycles. The zero-order valence-corrected chi connectivity index (χ0v) is 45.4. The molecule has 0 saturated carbocycles. The molecule has 3 aliphatic rings. The molecule has 3 saturated heterocycles. The number of carbonyl (C=O) groups excluding carboxylic acids is 1. The van der Waals surface area contributed by atoms with Gasteiger partial charge < -0.3 is 89.9 Å². The molecular weight excluding hydrogens is 999 g/mol. The molecule has 0 aromatic heterocycles. The Balaban J connectivity index is 1.57. The van der Waals surface area contributed by atoms with Crippen molar-refractivity contribution < 1.29 is 89.4 Å². The molecule has 3 fully saturated rings. The molecule has 17 unspecified atom stereocenters. The number of hydrogen-bond donors (Lipinski definition) is 12. The lowest BCUT2D eigenvalue weighted by atomic mass is 9.96. The van der Waals surface area contributed by atoms with Crippen LogP contribution in [0.25, 0.3) is 0 Å². The third-order valence-electron chi connectivity index (χ3n) is 13.3. The van der Waals surface area contributed by atoms with Crippen molar-refractivity contribution in [1.82, 2.24) is 5.32 Å². The summed E-state index contributed by atoms with van der Waals surface area (Å²) in [6, 6.07) is -1.03. The minimum atomic E-state index is -1.99. The van der Waals surface area contributed by atoms with E-state index in [9.17, 15) is 61.0 Å². The fourth-order valence-corrected chi connectivity index (χ4v) is 8.73. The normalized spacial score (nSPS) is 31.5. The monoisotopic (exact) mass is 1090 g/mol. The topological polar surface area (TPSA) is 307 Å². The average molecular weight is 1090 g/mol. The molecule has 3 aliphatic heterocycles. The van der Waals surface area contributed by atoms with E-state index in [0.717, 1.165) is 57.8 Å². The maximum atomic E-state index is 13.3. The van der Waals surface area contributed by atoms with Crippen LogP contribution in [-0.2, 0) is 33.2 Å². The zero-order valence-electron chi connectivity index (χ0n) is 45.4. The number of unbranched alkanes of at least 4 members (excludes halogenated alkanes) is 8. The van der Waals surface area contributed by atoms with Crippen LogP contribution in [0.4, 0.5) is 0 Å². The Labute approximate surface area is 456 Å². The highest BCUT2D eigenvalue weighted by atomic mass is 16.8. The number of rotatable bonds is 38. The first-order valence-corrected chi connectivity index (χ1v) is 28.0. The number of allylic oxidation sites excluding steroid dienone is 15. The molecule has 1 amide bonds. The number of amides is 1.